The molecule has 2 atom stereocenters. The van der Waals surface area contributed by atoms with Crippen LogP contribution < -0.4 is 5.73 Å². The third kappa shape index (κ3) is 39.9. The highest BCUT2D eigenvalue weighted by atomic mass is 31.2. The minimum absolute atomic E-state index is 0.0742. The normalized spacial score (nSPS) is 13.8. The molecule has 0 aromatic carbocycles. The number of unbranched alkanes of at least 4 members (excludes halogenated alkanes) is 22. The molecule has 52 heavy (non-hydrogen) atoms. The highest BCUT2D eigenvalue weighted by molar-refractivity contribution is 7.47. The molecule has 0 aliphatic heterocycles. The Bertz CT molecular complexity index is 895. The zero-order chi connectivity index (χ0) is 38.1. The van der Waals surface area contributed by atoms with Gasteiger partial charge in [0.05, 0.1) is 19.8 Å². The number of phosphoric acid groups is 1. The molecule has 8 nitrogen and oxygen atoms in total. The first-order valence-corrected chi connectivity index (χ1v) is 23.0. The van der Waals surface area contributed by atoms with Crippen LogP contribution in [-0.2, 0) is 27.9 Å². The maximum atomic E-state index is 12.5. The van der Waals surface area contributed by atoms with Gasteiger partial charge in [-0.15, -0.1) is 0 Å². The van der Waals surface area contributed by atoms with E-state index < -0.39 is 19.9 Å². The van der Waals surface area contributed by atoms with Gasteiger partial charge < -0.3 is 20.1 Å². The molecule has 0 heterocycles. The van der Waals surface area contributed by atoms with Gasteiger partial charge in [-0.05, 0) is 51.4 Å². The molecule has 0 fully saturated rings. The van der Waals surface area contributed by atoms with Crippen LogP contribution in [0.1, 0.15) is 194 Å². The van der Waals surface area contributed by atoms with Crippen molar-refractivity contribution < 1.29 is 32.8 Å². The van der Waals surface area contributed by atoms with E-state index in [0.29, 0.717) is 13.0 Å². The summed E-state index contributed by atoms with van der Waals surface area (Å²) in [6.45, 7) is 4.77. The van der Waals surface area contributed by atoms with Crippen molar-refractivity contribution in [1.29, 1.82) is 0 Å². The number of phosphoric ester groups is 1. The minimum Gasteiger partial charge on any atom is -0.457 e. The summed E-state index contributed by atoms with van der Waals surface area (Å²) in [5.74, 6) is -0.404. The number of carbonyl (C=O) groups is 1. The molecule has 306 valence electrons. The molecule has 2 unspecified atom stereocenters. The molecule has 0 aliphatic rings. The number of ether oxygens (including phenoxy) is 2. The SMILES string of the molecule is CCCCCCCCCC/C=C\C/C=C\CCC(=O)OC(COCCC/C=C\CCCCCCCCCCCCCCC)COP(=O)(O)OCCN. The van der Waals surface area contributed by atoms with Crippen molar-refractivity contribution in [1.82, 2.24) is 0 Å². The van der Waals surface area contributed by atoms with Gasteiger partial charge in [0.25, 0.3) is 0 Å². The monoisotopic (exact) mass is 756 g/mol. The van der Waals surface area contributed by atoms with Crippen molar-refractivity contribution in [3.05, 3.63) is 36.5 Å². The van der Waals surface area contributed by atoms with Crippen LogP contribution in [0.5, 0.6) is 0 Å². The number of rotatable bonds is 41. The number of carbonyl (C=O) groups excluding carboxylic acids is 1. The second-order valence-electron chi connectivity index (χ2n) is 14.2. The molecule has 0 spiro atoms. The third-order valence-corrected chi connectivity index (χ3v) is 10.0. The number of esters is 1. The van der Waals surface area contributed by atoms with E-state index in [1.807, 2.05) is 6.08 Å². The van der Waals surface area contributed by atoms with Gasteiger partial charge in [0.2, 0.25) is 0 Å². The lowest BCUT2D eigenvalue weighted by atomic mass is 10.0. The van der Waals surface area contributed by atoms with Gasteiger partial charge in [-0.1, -0.05) is 172 Å². The van der Waals surface area contributed by atoms with E-state index in [9.17, 15) is 14.3 Å². The Morgan fingerprint density at radius 3 is 1.52 bits per heavy atom. The quantitative estimate of drug-likeness (QED) is 0.0274. The van der Waals surface area contributed by atoms with Crippen molar-refractivity contribution in [3.8, 4) is 0 Å². The average molecular weight is 756 g/mol. The van der Waals surface area contributed by atoms with Crippen LogP contribution in [0, 0.1) is 0 Å². The topological polar surface area (TPSA) is 117 Å². The van der Waals surface area contributed by atoms with Crippen LogP contribution in [0.15, 0.2) is 36.5 Å². The van der Waals surface area contributed by atoms with E-state index in [-0.39, 0.29) is 32.8 Å². The Morgan fingerprint density at radius 2 is 1.02 bits per heavy atom. The molecule has 0 bridgehead atoms. The zero-order valence-electron chi connectivity index (χ0n) is 33.8. The summed E-state index contributed by atoms with van der Waals surface area (Å²) < 4.78 is 33.3. The third-order valence-electron chi connectivity index (χ3n) is 9.04. The molecule has 9 heteroatoms. The van der Waals surface area contributed by atoms with Crippen LogP contribution in [0.25, 0.3) is 0 Å². The fraction of sp³-hybridized carbons (Fsp3) is 0.837. The highest BCUT2D eigenvalue weighted by Gasteiger charge is 2.25. The van der Waals surface area contributed by atoms with E-state index in [0.717, 1.165) is 32.1 Å². The van der Waals surface area contributed by atoms with Gasteiger partial charge in [-0.25, -0.2) is 4.57 Å². The van der Waals surface area contributed by atoms with E-state index in [4.69, 9.17) is 24.3 Å². The molecular formula is C43H82NO7P. The van der Waals surface area contributed by atoms with Crippen LogP contribution >= 0.6 is 7.82 Å². The Kier molecular flexibility index (Phi) is 39.9. The molecule has 0 radical (unpaired) electrons. The molecule has 0 amide bonds. The lowest BCUT2D eigenvalue weighted by Gasteiger charge is -2.19. The summed E-state index contributed by atoms with van der Waals surface area (Å²) in [5, 5.41) is 0. The van der Waals surface area contributed by atoms with Gasteiger partial charge >= 0.3 is 13.8 Å². The summed E-state index contributed by atoms with van der Waals surface area (Å²) in [7, 11) is -4.29. The maximum Gasteiger partial charge on any atom is 0.472 e. The molecule has 3 N–H and O–H groups in total. The van der Waals surface area contributed by atoms with E-state index >= 15 is 0 Å². The summed E-state index contributed by atoms with van der Waals surface area (Å²) >= 11 is 0. The maximum absolute atomic E-state index is 12.5. The number of allylic oxidation sites excluding steroid dienone is 6. The number of hydrogen-bond donors (Lipinski definition) is 2. The molecule has 0 aromatic rings. The van der Waals surface area contributed by atoms with Crippen LogP contribution in [-0.4, -0.2) is 49.9 Å². The van der Waals surface area contributed by atoms with Crippen molar-refractivity contribution in [3.63, 3.8) is 0 Å². The van der Waals surface area contributed by atoms with Crippen LogP contribution in [0.2, 0.25) is 0 Å². The van der Waals surface area contributed by atoms with Gasteiger partial charge in [0.1, 0.15) is 6.10 Å². The molecule has 0 aromatic heterocycles. The summed E-state index contributed by atoms with van der Waals surface area (Å²) in [6, 6.07) is 0. The number of hydrogen-bond acceptors (Lipinski definition) is 7. The van der Waals surface area contributed by atoms with E-state index in [1.54, 1.807) is 0 Å². The van der Waals surface area contributed by atoms with Gasteiger partial charge in [0.15, 0.2) is 0 Å². The lowest BCUT2D eigenvalue weighted by Crippen LogP contribution is -2.28. The van der Waals surface area contributed by atoms with Gasteiger partial charge in [0, 0.05) is 19.6 Å². The largest absolute Gasteiger partial charge is 0.472 e. The lowest BCUT2D eigenvalue weighted by molar-refractivity contribution is -0.154. The average Bonchev–Trinajstić information content (AvgIpc) is 3.13. The summed E-state index contributed by atoms with van der Waals surface area (Å²) in [6.07, 6.45) is 46.2. The molecular weight excluding hydrogens is 673 g/mol. The van der Waals surface area contributed by atoms with Gasteiger partial charge in [-0.3, -0.25) is 13.8 Å². The minimum atomic E-state index is -4.29. The fourth-order valence-corrected chi connectivity index (χ4v) is 6.65. The highest BCUT2D eigenvalue weighted by Crippen LogP contribution is 2.43. The zero-order valence-corrected chi connectivity index (χ0v) is 34.7. The van der Waals surface area contributed by atoms with E-state index in [2.05, 4.69) is 44.2 Å². The smallest absolute Gasteiger partial charge is 0.457 e. The second-order valence-corrected chi connectivity index (χ2v) is 15.7. The fourth-order valence-electron chi connectivity index (χ4n) is 5.88. The van der Waals surface area contributed by atoms with Gasteiger partial charge in [-0.2, -0.15) is 0 Å². The van der Waals surface area contributed by atoms with Crippen molar-refractivity contribution in [2.24, 2.45) is 5.73 Å². The van der Waals surface area contributed by atoms with Crippen LogP contribution in [0.4, 0.5) is 0 Å². The summed E-state index contributed by atoms with van der Waals surface area (Å²) in [4.78, 5) is 22.4. The Labute approximate surface area is 320 Å². The second kappa shape index (κ2) is 40.9. The first-order valence-electron chi connectivity index (χ1n) is 21.5. The Morgan fingerprint density at radius 1 is 0.577 bits per heavy atom. The molecule has 0 aliphatic carbocycles. The standard InChI is InChI=1S/C43H82NO7P/c1-3-5-7-9-11-13-15-17-19-20-21-23-25-27-29-31-33-35-38-48-40-42(41-50-52(46,47)49-39-37-44)51-43(45)36-34-32-30-28-26-24-22-18-16-14-12-10-8-6-4-2/h24,26,29-32,42H,3-23,25,27-28,33-41,44H2,1-2H3,(H,46,47)/b26-24-,31-29-,32-30-. The molecule has 0 saturated carbocycles. The first-order chi connectivity index (χ1) is 25.4. The first kappa shape index (κ1) is 50.7. The summed E-state index contributed by atoms with van der Waals surface area (Å²) in [5.41, 5.74) is 5.36. The van der Waals surface area contributed by atoms with E-state index in [1.165, 1.54) is 135 Å². The Balaban J connectivity index is 4.12. The van der Waals surface area contributed by atoms with Crippen molar-refractivity contribution >= 4 is 13.8 Å². The predicted octanol–water partition coefficient (Wildman–Crippen LogP) is 12.6. The van der Waals surface area contributed by atoms with Crippen molar-refractivity contribution in [2.45, 2.75) is 200 Å². The number of nitrogens with two attached hydrogens (primary N) is 1. The van der Waals surface area contributed by atoms with Crippen molar-refractivity contribution in [2.75, 3.05) is 33.0 Å². The Hall–Kier alpha value is -1.28. The predicted molar refractivity (Wildman–Crippen MR) is 220 cm³/mol. The molecule has 0 rings (SSSR count). The van der Waals surface area contributed by atoms with Crippen LogP contribution in [0.3, 0.4) is 0 Å². The molecule has 0 saturated heterocycles.